The minimum Gasteiger partial charge on any atom is -0.301 e. The molecule has 1 aliphatic heterocycles. The van der Waals surface area contributed by atoms with Gasteiger partial charge in [0.05, 0.1) is 0 Å². The Balaban J connectivity index is 1.70. The summed E-state index contributed by atoms with van der Waals surface area (Å²) in [5.41, 5.74) is 0. The van der Waals surface area contributed by atoms with Crippen molar-refractivity contribution >= 4 is 0 Å². The van der Waals surface area contributed by atoms with Gasteiger partial charge in [-0.05, 0) is 38.5 Å². The van der Waals surface area contributed by atoms with E-state index in [1.807, 2.05) is 0 Å². The second kappa shape index (κ2) is 6.55. The molecule has 1 aliphatic carbocycles. The zero-order chi connectivity index (χ0) is 12.1. The maximum Gasteiger partial charge on any atom is 0.0113 e. The predicted octanol–water partition coefficient (Wildman–Crippen LogP) is 2.76. The minimum atomic E-state index is 0.773. The molecule has 0 aromatic rings. The van der Waals surface area contributed by atoms with Crippen LogP contribution in [0.5, 0.6) is 0 Å². The number of hydrogen-bond acceptors (Lipinski definition) is 2. The molecule has 2 atom stereocenters. The fraction of sp³-hybridized carbons (Fsp3) is 0.867. The molecule has 2 rings (SSSR count). The smallest absolute Gasteiger partial charge is 0.0113 e. The fourth-order valence-corrected chi connectivity index (χ4v) is 3.03. The highest BCUT2D eigenvalue weighted by Crippen LogP contribution is 2.20. The third-order valence-corrected chi connectivity index (χ3v) is 4.52. The third kappa shape index (κ3) is 3.82. The fourth-order valence-electron chi connectivity index (χ4n) is 3.03. The van der Waals surface area contributed by atoms with Crippen molar-refractivity contribution in [3.05, 3.63) is 12.2 Å². The van der Waals surface area contributed by atoms with E-state index in [1.165, 1.54) is 58.4 Å². The van der Waals surface area contributed by atoms with E-state index >= 15 is 0 Å². The molecule has 2 heteroatoms. The van der Waals surface area contributed by atoms with Crippen molar-refractivity contribution in [2.24, 2.45) is 5.92 Å². The summed E-state index contributed by atoms with van der Waals surface area (Å²) in [6.45, 7) is 11.1. The molecule has 1 heterocycles. The zero-order valence-electron chi connectivity index (χ0n) is 11.6. The SMILES string of the molecule is CC[C@@H](C)N1CCN(C[C@H]2CC=CCC2)CC1. The van der Waals surface area contributed by atoms with Crippen LogP contribution in [0.4, 0.5) is 0 Å². The van der Waals surface area contributed by atoms with Gasteiger partial charge in [-0.15, -0.1) is 0 Å². The first-order valence-electron chi connectivity index (χ1n) is 7.41. The van der Waals surface area contributed by atoms with Crippen LogP contribution in [0, 0.1) is 5.92 Å². The number of nitrogens with zero attached hydrogens (tertiary/aromatic N) is 2. The van der Waals surface area contributed by atoms with Crippen LogP contribution in [-0.2, 0) is 0 Å². The predicted molar refractivity (Wildman–Crippen MR) is 74.2 cm³/mol. The quantitative estimate of drug-likeness (QED) is 0.693. The molecule has 0 aromatic heterocycles. The van der Waals surface area contributed by atoms with Gasteiger partial charge in [-0.2, -0.15) is 0 Å². The summed E-state index contributed by atoms with van der Waals surface area (Å²) in [5, 5.41) is 0. The number of piperazine rings is 1. The number of hydrogen-bond donors (Lipinski definition) is 0. The average Bonchev–Trinajstić information content (AvgIpc) is 2.40. The lowest BCUT2D eigenvalue weighted by molar-refractivity contribution is 0.0887. The molecule has 0 amide bonds. The molecule has 0 saturated carbocycles. The van der Waals surface area contributed by atoms with Gasteiger partial charge in [0.1, 0.15) is 0 Å². The van der Waals surface area contributed by atoms with Gasteiger partial charge in [0.15, 0.2) is 0 Å². The van der Waals surface area contributed by atoms with Gasteiger partial charge >= 0.3 is 0 Å². The first-order chi connectivity index (χ1) is 8.29. The van der Waals surface area contributed by atoms with Gasteiger partial charge < -0.3 is 4.90 Å². The largest absolute Gasteiger partial charge is 0.301 e. The maximum atomic E-state index is 2.68. The first-order valence-corrected chi connectivity index (χ1v) is 7.41. The summed E-state index contributed by atoms with van der Waals surface area (Å²) in [6.07, 6.45) is 10.0. The van der Waals surface area contributed by atoms with Gasteiger partial charge in [0.2, 0.25) is 0 Å². The summed E-state index contributed by atoms with van der Waals surface area (Å²) in [7, 11) is 0. The van der Waals surface area contributed by atoms with Gasteiger partial charge in [-0.25, -0.2) is 0 Å². The maximum absolute atomic E-state index is 2.68. The normalized spacial score (nSPS) is 29.4. The second-order valence-corrected chi connectivity index (χ2v) is 5.74. The molecule has 0 bridgehead atoms. The summed E-state index contributed by atoms with van der Waals surface area (Å²) >= 11 is 0. The van der Waals surface area contributed by atoms with E-state index in [0.29, 0.717) is 0 Å². The van der Waals surface area contributed by atoms with Crippen LogP contribution in [0.2, 0.25) is 0 Å². The minimum absolute atomic E-state index is 0.773. The molecule has 2 aliphatic rings. The molecule has 98 valence electrons. The van der Waals surface area contributed by atoms with Crippen LogP contribution >= 0.6 is 0 Å². The van der Waals surface area contributed by atoms with Crippen molar-refractivity contribution in [3.63, 3.8) is 0 Å². The van der Waals surface area contributed by atoms with E-state index in [4.69, 9.17) is 0 Å². The van der Waals surface area contributed by atoms with Gasteiger partial charge in [0, 0.05) is 38.8 Å². The van der Waals surface area contributed by atoms with E-state index in [-0.39, 0.29) is 0 Å². The first kappa shape index (κ1) is 13.1. The molecule has 0 radical (unpaired) electrons. The van der Waals surface area contributed by atoms with E-state index < -0.39 is 0 Å². The highest BCUT2D eigenvalue weighted by molar-refractivity contribution is 4.91. The van der Waals surface area contributed by atoms with Crippen molar-refractivity contribution in [2.75, 3.05) is 32.7 Å². The Kier molecular flexibility index (Phi) is 5.05. The molecular weight excluding hydrogens is 208 g/mol. The lowest BCUT2D eigenvalue weighted by atomic mass is 9.94. The Bertz CT molecular complexity index is 241. The van der Waals surface area contributed by atoms with Crippen LogP contribution in [0.1, 0.15) is 39.5 Å². The molecule has 1 saturated heterocycles. The van der Waals surface area contributed by atoms with E-state index in [0.717, 1.165) is 12.0 Å². The topological polar surface area (TPSA) is 6.48 Å². The summed E-state index contributed by atoms with van der Waals surface area (Å²) in [6, 6.07) is 0.773. The Morgan fingerprint density at radius 1 is 1.18 bits per heavy atom. The van der Waals surface area contributed by atoms with E-state index in [1.54, 1.807) is 0 Å². The summed E-state index contributed by atoms with van der Waals surface area (Å²) < 4.78 is 0. The van der Waals surface area contributed by atoms with Crippen LogP contribution in [0.25, 0.3) is 0 Å². The third-order valence-electron chi connectivity index (χ3n) is 4.52. The monoisotopic (exact) mass is 236 g/mol. The lowest BCUT2D eigenvalue weighted by Gasteiger charge is -2.39. The molecular formula is C15H28N2. The van der Waals surface area contributed by atoms with Gasteiger partial charge in [0.25, 0.3) is 0 Å². The second-order valence-electron chi connectivity index (χ2n) is 5.74. The van der Waals surface area contributed by atoms with Crippen LogP contribution in [0.15, 0.2) is 12.2 Å². The van der Waals surface area contributed by atoms with Gasteiger partial charge in [-0.1, -0.05) is 19.1 Å². The molecule has 17 heavy (non-hydrogen) atoms. The van der Waals surface area contributed by atoms with Crippen LogP contribution < -0.4 is 0 Å². The average molecular weight is 236 g/mol. The number of rotatable bonds is 4. The number of allylic oxidation sites excluding steroid dienone is 2. The van der Waals surface area contributed by atoms with Crippen molar-refractivity contribution in [2.45, 2.75) is 45.6 Å². The Hall–Kier alpha value is -0.340. The van der Waals surface area contributed by atoms with Crippen LogP contribution in [0.3, 0.4) is 0 Å². The van der Waals surface area contributed by atoms with Crippen molar-refractivity contribution in [3.8, 4) is 0 Å². The molecule has 0 aromatic carbocycles. The molecule has 1 fully saturated rings. The summed E-state index contributed by atoms with van der Waals surface area (Å²) in [5.74, 6) is 0.926. The highest BCUT2D eigenvalue weighted by Gasteiger charge is 2.22. The van der Waals surface area contributed by atoms with Crippen molar-refractivity contribution < 1.29 is 0 Å². The molecule has 0 spiro atoms. The highest BCUT2D eigenvalue weighted by atomic mass is 15.3. The Labute approximate surface area is 107 Å². The van der Waals surface area contributed by atoms with E-state index in [2.05, 4.69) is 35.8 Å². The standard InChI is InChI=1S/C15H28N2/c1-3-14(2)17-11-9-16(10-12-17)13-15-7-5-4-6-8-15/h4-5,14-15H,3,6-13H2,1-2H3/t14-,15+/m1/s1. The molecule has 0 unspecified atom stereocenters. The van der Waals surface area contributed by atoms with Crippen molar-refractivity contribution in [1.29, 1.82) is 0 Å². The Morgan fingerprint density at radius 3 is 2.53 bits per heavy atom. The van der Waals surface area contributed by atoms with E-state index in [9.17, 15) is 0 Å². The Morgan fingerprint density at radius 2 is 1.94 bits per heavy atom. The van der Waals surface area contributed by atoms with Gasteiger partial charge in [-0.3, -0.25) is 4.90 Å². The molecule has 2 nitrogen and oxygen atoms in total. The van der Waals surface area contributed by atoms with Crippen LogP contribution in [-0.4, -0.2) is 48.6 Å². The lowest BCUT2D eigenvalue weighted by Crippen LogP contribution is -2.50. The zero-order valence-corrected chi connectivity index (χ0v) is 11.6. The summed E-state index contributed by atoms with van der Waals surface area (Å²) in [4.78, 5) is 5.33. The van der Waals surface area contributed by atoms with Crippen molar-refractivity contribution in [1.82, 2.24) is 9.80 Å². The molecule has 0 N–H and O–H groups in total.